The van der Waals surface area contributed by atoms with Gasteiger partial charge in [-0.25, -0.2) is 0 Å². The first-order valence-corrected chi connectivity index (χ1v) is 12.2. The highest BCUT2D eigenvalue weighted by molar-refractivity contribution is 7.80. The van der Waals surface area contributed by atoms with Crippen molar-refractivity contribution in [2.24, 2.45) is 29.6 Å². The molecule has 0 aromatic rings. The van der Waals surface area contributed by atoms with Crippen LogP contribution in [0.1, 0.15) is 85.0 Å². The highest BCUT2D eigenvalue weighted by Crippen LogP contribution is 2.41. The second kappa shape index (κ2) is 12.0. The molecule has 0 amide bonds. The zero-order valence-electron chi connectivity index (χ0n) is 18.9. The normalized spacial score (nSPS) is 29.0. The van der Waals surface area contributed by atoms with Gasteiger partial charge in [0, 0.05) is 5.25 Å². The Kier molecular flexibility index (Phi) is 10.1. The number of carbonyl (C=O) groups excluding carboxylic acids is 1. The summed E-state index contributed by atoms with van der Waals surface area (Å²) in [4.78, 5) is 12.5. The molecule has 0 radical (unpaired) electrons. The Morgan fingerprint density at radius 1 is 0.931 bits per heavy atom. The minimum Gasteiger partial charge on any atom is -0.427 e. The number of thiol groups is 1. The fraction of sp³-hybridized carbons (Fsp3) is 0.731. The Balaban J connectivity index is 1.70. The molecule has 0 N–H and O–H groups in total. The van der Waals surface area contributed by atoms with E-state index in [0.717, 1.165) is 49.5 Å². The summed E-state index contributed by atoms with van der Waals surface area (Å²) in [5.74, 6) is 3.14. The molecular weight excluding hydrogens is 376 g/mol. The largest absolute Gasteiger partial charge is 0.427 e. The van der Waals surface area contributed by atoms with Crippen LogP contribution in [0, 0.1) is 29.6 Å². The van der Waals surface area contributed by atoms with Gasteiger partial charge in [0.2, 0.25) is 0 Å². The molecule has 1 unspecified atom stereocenters. The van der Waals surface area contributed by atoms with Crippen molar-refractivity contribution >= 4 is 18.6 Å². The summed E-state index contributed by atoms with van der Waals surface area (Å²) in [5.41, 5.74) is 1.07. The third kappa shape index (κ3) is 8.36. The van der Waals surface area contributed by atoms with E-state index < -0.39 is 0 Å². The topological polar surface area (TPSA) is 26.3 Å². The van der Waals surface area contributed by atoms with E-state index >= 15 is 0 Å². The van der Waals surface area contributed by atoms with Crippen molar-refractivity contribution in [3.05, 3.63) is 36.6 Å². The number of hydrogen-bond donors (Lipinski definition) is 1. The van der Waals surface area contributed by atoms with Crippen molar-refractivity contribution in [2.45, 2.75) is 90.2 Å². The van der Waals surface area contributed by atoms with E-state index in [-0.39, 0.29) is 11.9 Å². The minimum atomic E-state index is -0.101. The van der Waals surface area contributed by atoms with Crippen LogP contribution in [0.25, 0.3) is 0 Å². The quantitative estimate of drug-likeness (QED) is 0.181. The summed E-state index contributed by atoms with van der Waals surface area (Å²) in [6, 6.07) is 0. The highest BCUT2D eigenvalue weighted by Gasteiger charge is 2.33. The van der Waals surface area contributed by atoms with Crippen LogP contribution >= 0.6 is 12.6 Å². The van der Waals surface area contributed by atoms with Crippen molar-refractivity contribution in [1.82, 2.24) is 0 Å². The van der Waals surface area contributed by atoms with Crippen LogP contribution in [0.15, 0.2) is 36.6 Å². The lowest BCUT2D eigenvalue weighted by Crippen LogP contribution is -2.29. The summed E-state index contributed by atoms with van der Waals surface area (Å²) in [7, 11) is 0. The number of allylic oxidation sites excluding steroid dienone is 3. The van der Waals surface area contributed by atoms with Gasteiger partial charge in [0.25, 0.3) is 0 Å². The molecular formula is C26H42O2S. The van der Waals surface area contributed by atoms with Gasteiger partial charge in [0.05, 0.1) is 5.92 Å². The second-order valence-corrected chi connectivity index (χ2v) is 10.6. The third-order valence-electron chi connectivity index (χ3n) is 7.04. The molecule has 0 spiro atoms. The number of hydrogen-bond acceptors (Lipinski definition) is 3. The van der Waals surface area contributed by atoms with E-state index in [1.165, 1.54) is 32.1 Å². The molecule has 2 aliphatic rings. The van der Waals surface area contributed by atoms with Crippen LogP contribution in [-0.2, 0) is 9.53 Å². The molecule has 2 fully saturated rings. The van der Waals surface area contributed by atoms with Crippen LogP contribution < -0.4 is 0 Å². The van der Waals surface area contributed by atoms with Crippen LogP contribution in [-0.4, -0.2) is 11.2 Å². The first kappa shape index (κ1) is 24.3. The summed E-state index contributed by atoms with van der Waals surface area (Å²) in [5, 5.41) is 0.603. The Morgan fingerprint density at radius 2 is 1.48 bits per heavy atom. The van der Waals surface area contributed by atoms with Gasteiger partial charge in [-0.3, -0.25) is 4.79 Å². The zero-order chi connectivity index (χ0) is 21.4. The van der Waals surface area contributed by atoms with Gasteiger partial charge in [0.1, 0.15) is 5.76 Å². The van der Waals surface area contributed by atoms with Gasteiger partial charge < -0.3 is 4.74 Å². The summed E-state index contributed by atoms with van der Waals surface area (Å²) < 4.78 is 5.54. The van der Waals surface area contributed by atoms with Crippen LogP contribution in [0.3, 0.4) is 0 Å². The molecule has 0 heterocycles. The van der Waals surface area contributed by atoms with Crippen LogP contribution in [0.5, 0.6) is 0 Å². The SMILES string of the molecule is C=C(/C=C\C(=C)C(C)CCC(C)C)OC(=O)C1CCC(C2CCC(S)CC2)CC1. The van der Waals surface area contributed by atoms with Gasteiger partial charge in [-0.15, -0.1) is 0 Å². The van der Waals surface area contributed by atoms with Gasteiger partial charge >= 0.3 is 5.97 Å². The second-order valence-electron chi connectivity index (χ2n) is 9.85. The average Bonchev–Trinajstić information content (AvgIpc) is 2.70. The Hall–Kier alpha value is -0.960. The minimum absolute atomic E-state index is 0.0331. The van der Waals surface area contributed by atoms with Gasteiger partial charge in [-0.05, 0) is 87.5 Å². The van der Waals surface area contributed by atoms with Crippen molar-refractivity contribution in [3.8, 4) is 0 Å². The van der Waals surface area contributed by atoms with Crippen molar-refractivity contribution in [3.63, 3.8) is 0 Å². The Bertz CT molecular complexity index is 576. The first-order valence-electron chi connectivity index (χ1n) is 11.7. The van der Waals surface area contributed by atoms with Gasteiger partial charge in [-0.2, -0.15) is 12.6 Å². The monoisotopic (exact) mass is 418 g/mol. The third-order valence-corrected chi connectivity index (χ3v) is 7.55. The van der Waals surface area contributed by atoms with Crippen molar-refractivity contribution < 1.29 is 9.53 Å². The molecule has 164 valence electrons. The number of ether oxygens (including phenoxy) is 1. The van der Waals surface area contributed by atoms with E-state index in [4.69, 9.17) is 4.74 Å². The molecule has 3 heteroatoms. The van der Waals surface area contributed by atoms with E-state index in [9.17, 15) is 4.79 Å². The fourth-order valence-corrected chi connectivity index (χ4v) is 5.08. The zero-order valence-corrected chi connectivity index (χ0v) is 19.8. The molecule has 2 saturated carbocycles. The van der Waals surface area contributed by atoms with Crippen LogP contribution in [0.4, 0.5) is 0 Å². The molecule has 29 heavy (non-hydrogen) atoms. The Morgan fingerprint density at radius 3 is 2.03 bits per heavy atom. The summed E-state index contributed by atoms with van der Waals surface area (Å²) in [6.07, 6.45) is 15.5. The Labute approximate surface area is 184 Å². The maximum absolute atomic E-state index is 12.5. The first-order chi connectivity index (χ1) is 13.8. The maximum atomic E-state index is 12.5. The smallest absolute Gasteiger partial charge is 0.314 e. The van der Waals surface area contributed by atoms with Gasteiger partial charge in [0.15, 0.2) is 0 Å². The number of rotatable bonds is 9. The number of esters is 1. The van der Waals surface area contributed by atoms with Crippen LogP contribution in [0.2, 0.25) is 0 Å². The molecule has 2 rings (SSSR count). The van der Waals surface area contributed by atoms with E-state index in [0.29, 0.717) is 22.8 Å². The predicted molar refractivity (Wildman–Crippen MR) is 127 cm³/mol. The van der Waals surface area contributed by atoms with Crippen molar-refractivity contribution in [1.29, 1.82) is 0 Å². The van der Waals surface area contributed by atoms with Gasteiger partial charge in [-0.1, -0.05) is 52.0 Å². The summed E-state index contributed by atoms with van der Waals surface area (Å²) >= 11 is 4.62. The molecule has 2 aliphatic carbocycles. The lowest BCUT2D eigenvalue weighted by molar-refractivity contribution is -0.145. The lowest BCUT2D eigenvalue weighted by atomic mass is 9.71. The molecule has 0 bridgehead atoms. The predicted octanol–water partition coefficient (Wildman–Crippen LogP) is 7.52. The highest BCUT2D eigenvalue weighted by atomic mass is 32.1. The maximum Gasteiger partial charge on any atom is 0.314 e. The summed E-state index contributed by atoms with van der Waals surface area (Å²) in [6.45, 7) is 14.8. The molecule has 2 nitrogen and oxygen atoms in total. The molecule has 0 aromatic heterocycles. The molecule has 0 aromatic carbocycles. The molecule has 1 atom stereocenters. The standard InChI is InChI=1S/C26H42O2S/c1-18(2)6-7-19(3)20(4)8-9-21(5)28-26(27)24-12-10-22(11-13-24)23-14-16-25(29)17-15-23/h8-9,18-19,22-25,29H,4-7,10-17H2,1-3H3/b9-8-. The van der Waals surface area contributed by atoms with E-state index in [1.807, 2.05) is 6.08 Å². The van der Waals surface area contributed by atoms with E-state index in [1.54, 1.807) is 6.08 Å². The average molecular weight is 419 g/mol. The molecule has 0 saturated heterocycles. The van der Waals surface area contributed by atoms with Crippen molar-refractivity contribution in [2.75, 3.05) is 0 Å². The van der Waals surface area contributed by atoms with E-state index in [2.05, 4.69) is 46.6 Å². The fourth-order valence-electron chi connectivity index (χ4n) is 4.78. The molecule has 0 aliphatic heterocycles. The lowest BCUT2D eigenvalue weighted by Gasteiger charge is -2.36. The number of carbonyl (C=O) groups is 1.